The maximum atomic E-state index is 13.0. The van der Waals surface area contributed by atoms with E-state index in [9.17, 15) is 13.6 Å². The van der Waals surface area contributed by atoms with E-state index in [1.807, 2.05) is 13.8 Å². The summed E-state index contributed by atoms with van der Waals surface area (Å²) in [6, 6.07) is 3.76. The number of benzene rings is 1. The minimum Gasteiger partial charge on any atom is -0.300 e. The van der Waals surface area contributed by atoms with E-state index in [-0.39, 0.29) is 5.78 Å². The molecule has 0 aliphatic carbocycles. The standard InChI is InChI=1S/C12H14F2O/c1-8(15)7-12(2,3)9-4-5-10(13)11(14)6-9/h4-6H,7H2,1-3H3. The molecule has 0 aliphatic rings. The molecule has 1 nitrogen and oxygen atoms in total. The molecular formula is C12H14F2O. The highest BCUT2D eigenvalue weighted by Crippen LogP contribution is 2.28. The van der Waals surface area contributed by atoms with Gasteiger partial charge >= 0.3 is 0 Å². The Bertz CT molecular complexity index is 383. The molecule has 0 atom stereocenters. The first-order chi connectivity index (χ1) is 6.83. The summed E-state index contributed by atoms with van der Waals surface area (Å²) >= 11 is 0. The average Bonchev–Trinajstić information content (AvgIpc) is 2.07. The zero-order valence-corrected chi connectivity index (χ0v) is 9.10. The molecule has 0 aliphatic heterocycles. The van der Waals surface area contributed by atoms with Crippen molar-refractivity contribution < 1.29 is 13.6 Å². The van der Waals surface area contributed by atoms with Gasteiger partial charge in [-0.3, -0.25) is 4.79 Å². The topological polar surface area (TPSA) is 17.1 Å². The summed E-state index contributed by atoms with van der Waals surface area (Å²) in [7, 11) is 0. The van der Waals surface area contributed by atoms with Gasteiger partial charge in [-0.05, 0) is 30.0 Å². The molecule has 1 aromatic rings. The number of hydrogen-bond acceptors (Lipinski definition) is 1. The highest BCUT2D eigenvalue weighted by molar-refractivity contribution is 5.77. The first-order valence-corrected chi connectivity index (χ1v) is 4.78. The Morgan fingerprint density at radius 2 is 1.87 bits per heavy atom. The molecule has 0 spiro atoms. The van der Waals surface area contributed by atoms with Crippen molar-refractivity contribution in [1.29, 1.82) is 0 Å². The summed E-state index contributed by atoms with van der Waals surface area (Å²) in [5.41, 5.74) is 0.178. The van der Waals surface area contributed by atoms with Gasteiger partial charge in [0.25, 0.3) is 0 Å². The van der Waals surface area contributed by atoms with Crippen LogP contribution in [0.15, 0.2) is 18.2 Å². The van der Waals surface area contributed by atoms with Crippen LogP contribution in [-0.4, -0.2) is 5.78 Å². The van der Waals surface area contributed by atoms with E-state index in [2.05, 4.69) is 0 Å². The SMILES string of the molecule is CC(=O)CC(C)(C)c1ccc(F)c(F)c1. The number of carbonyl (C=O) groups is 1. The molecule has 3 heteroatoms. The third kappa shape index (κ3) is 2.85. The van der Waals surface area contributed by atoms with Crippen LogP contribution in [0.25, 0.3) is 0 Å². The van der Waals surface area contributed by atoms with E-state index in [4.69, 9.17) is 0 Å². The van der Waals surface area contributed by atoms with Crippen molar-refractivity contribution in [3.8, 4) is 0 Å². The number of hydrogen-bond donors (Lipinski definition) is 0. The van der Waals surface area contributed by atoms with Gasteiger partial charge in [-0.1, -0.05) is 19.9 Å². The second-order valence-corrected chi connectivity index (χ2v) is 4.39. The molecule has 0 N–H and O–H groups in total. The van der Waals surface area contributed by atoms with Crippen molar-refractivity contribution in [1.82, 2.24) is 0 Å². The summed E-state index contributed by atoms with van der Waals surface area (Å²) in [5.74, 6) is -1.70. The lowest BCUT2D eigenvalue weighted by molar-refractivity contribution is -0.118. The first-order valence-electron chi connectivity index (χ1n) is 4.78. The zero-order chi connectivity index (χ0) is 11.6. The quantitative estimate of drug-likeness (QED) is 0.751. The molecule has 82 valence electrons. The van der Waals surface area contributed by atoms with Crippen molar-refractivity contribution in [2.45, 2.75) is 32.6 Å². The Kier molecular flexibility index (Phi) is 3.22. The molecule has 0 saturated heterocycles. The normalized spacial score (nSPS) is 11.5. The van der Waals surface area contributed by atoms with E-state index in [0.29, 0.717) is 12.0 Å². The average molecular weight is 212 g/mol. The molecule has 0 unspecified atom stereocenters. The predicted molar refractivity (Wildman–Crippen MR) is 54.7 cm³/mol. The van der Waals surface area contributed by atoms with Crippen molar-refractivity contribution in [3.63, 3.8) is 0 Å². The van der Waals surface area contributed by atoms with Crippen LogP contribution in [-0.2, 0) is 10.2 Å². The number of rotatable bonds is 3. The highest BCUT2D eigenvalue weighted by Gasteiger charge is 2.23. The van der Waals surface area contributed by atoms with Gasteiger partial charge in [0.1, 0.15) is 5.78 Å². The molecule has 1 rings (SSSR count). The number of Topliss-reactive ketones (excluding diaryl/α,β-unsaturated/α-hetero) is 1. The summed E-state index contributed by atoms with van der Waals surface area (Å²) < 4.78 is 25.7. The Morgan fingerprint density at radius 1 is 1.27 bits per heavy atom. The molecule has 0 fully saturated rings. The Labute approximate surface area is 88.1 Å². The molecular weight excluding hydrogens is 198 g/mol. The van der Waals surface area contributed by atoms with Gasteiger partial charge < -0.3 is 0 Å². The molecule has 15 heavy (non-hydrogen) atoms. The minimum atomic E-state index is -0.871. The van der Waals surface area contributed by atoms with E-state index < -0.39 is 17.0 Å². The molecule has 0 radical (unpaired) electrons. The van der Waals surface area contributed by atoms with Crippen LogP contribution in [0.1, 0.15) is 32.8 Å². The Balaban J connectivity index is 3.04. The third-order valence-corrected chi connectivity index (χ3v) is 2.39. The predicted octanol–water partition coefficient (Wildman–Crippen LogP) is 3.22. The maximum Gasteiger partial charge on any atom is 0.159 e. The van der Waals surface area contributed by atoms with Crippen molar-refractivity contribution in [2.24, 2.45) is 0 Å². The smallest absolute Gasteiger partial charge is 0.159 e. The van der Waals surface area contributed by atoms with E-state index >= 15 is 0 Å². The molecule has 0 aromatic heterocycles. The number of ketones is 1. The number of halogens is 2. The molecule has 0 amide bonds. The fourth-order valence-electron chi connectivity index (χ4n) is 1.64. The van der Waals surface area contributed by atoms with Crippen LogP contribution in [0.5, 0.6) is 0 Å². The van der Waals surface area contributed by atoms with Crippen molar-refractivity contribution in [3.05, 3.63) is 35.4 Å². The second kappa shape index (κ2) is 4.09. The first kappa shape index (κ1) is 11.8. The summed E-state index contributed by atoms with van der Waals surface area (Å²) in [6.45, 7) is 5.16. The van der Waals surface area contributed by atoms with Gasteiger partial charge in [-0.25, -0.2) is 8.78 Å². The van der Waals surface area contributed by atoms with Gasteiger partial charge in [-0.15, -0.1) is 0 Å². The van der Waals surface area contributed by atoms with E-state index in [0.717, 1.165) is 12.1 Å². The lowest BCUT2D eigenvalue weighted by Gasteiger charge is -2.23. The van der Waals surface area contributed by atoms with Crippen LogP contribution < -0.4 is 0 Å². The summed E-state index contributed by atoms with van der Waals surface area (Å²) in [6.07, 6.45) is 0.318. The van der Waals surface area contributed by atoms with Crippen LogP contribution in [0.4, 0.5) is 8.78 Å². The minimum absolute atomic E-state index is 0.0322. The van der Waals surface area contributed by atoms with E-state index in [1.165, 1.54) is 13.0 Å². The lowest BCUT2D eigenvalue weighted by atomic mass is 9.80. The fourth-order valence-corrected chi connectivity index (χ4v) is 1.64. The third-order valence-electron chi connectivity index (χ3n) is 2.39. The summed E-state index contributed by atoms with van der Waals surface area (Å²) in [5, 5.41) is 0. The molecule has 0 saturated carbocycles. The molecule has 0 bridgehead atoms. The van der Waals surface area contributed by atoms with Crippen molar-refractivity contribution >= 4 is 5.78 Å². The Morgan fingerprint density at radius 3 is 2.33 bits per heavy atom. The zero-order valence-electron chi connectivity index (χ0n) is 9.10. The Hall–Kier alpha value is -1.25. The van der Waals surface area contributed by atoms with Gasteiger partial charge in [0.05, 0.1) is 0 Å². The molecule has 1 aromatic carbocycles. The van der Waals surface area contributed by atoms with E-state index in [1.54, 1.807) is 0 Å². The lowest BCUT2D eigenvalue weighted by Crippen LogP contribution is -2.20. The second-order valence-electron chi connectivity index (χ2n) is 4.39. The van der Waals surface area contributed by atoms with Crippen LogP contribution >= 0.6 is 0 Å². The largest absolute Gasteiger partial charge is 0.300 e. The van der Waals surface area contributed by atoms with Gasteiger partial charge in [-0.2, -0.15) is 0 Å². The van der Waals surface area contributed by atoms with Gasteiger partial charge in [0.15, 0.2) is 11.6 Å². The highest BCUT2D eigenvalue weighted by atomic mass is 19.2. The van der Waals surface area contributed by atoms with Crippen LogP contribution in [0.2, 0.25) is 0 Å². The summed E-state index contributed by atoms with van der Waals surface area (Å²) in [4.78, 5) is 11.0. The fraction of sp³-hybridized carbons (Fsp3) is 0.417. The monoisotopic (exact) mass is 212 g/mol. The van der Waals surface area contributed by atoms with Crippen LogP contribution in [0.3, 0.4) is 0 Å². The maximum absolute atomic E-state index is 13.0. The van der Waals surface area contributed by atoms with Crippen molar-refractivity contribution in [2.75, 3.05) is 0 Å². The van der Waals surface area contributed by atoms with Crippen LogP contribution in [0, 0.1) is 11.6 Å². The molecule has 0 heterocycles. The van der Waals surface area contributed by atoms with Gasteiger partial charge in [0.2, 0.25) is 0 Å². The van der Waals surface area contributed by atoms with Gasteiger partial charge in [0, 0.05) is 6.42 Å². The number of carbonyl (C=O) groups excluding carboxylic acids is 1.